The summed E-state index contributed by atoms with van der Waals surface area (Å²) in [5.74, 6) is 0. The maximum absolute atomic E-state index is 11.9. The van der Waals surface area contributed by atoms with Gasteiger partial charge < -0.3 is 4.74 Å². The molecule has 0 spiro atoms. The number of rotatable bonds is 2. The van der Waals surface area contributed by atoms with Crippen LogP contribution in [-0.4, -0.2) is 23.3 Å². The van der Waals surface area contributed by atoms with Crippen LogP contribution in [0.5, 0.6) is 0 Å². The van der Waals surface area contributed by atoms with Gasteiger partial charge in [0.05, 0.1) is 6.04 Å². The van der Waals surface area contributed by atoms with Crippen molar-refractivity contribution in [3.05, 3.63) is 34.3 Å². The summed E-state index contributed by atoms with van der Waals surface area (Å²) in [6, 6.07) is 5.44. The topological polar surface area (TPSA) is 91.2 Å². The van der Waals surface area contributed by atoms with Gasteiger partial charge in [0.1, 0.15) is 9.83 Å². The number of hydrogen-bond acceptors (Lipinski definition) is 5. The first-order valence-electron chi connectivity index (χ1n) is 6.01. The van der Waals surface area contributed by atoms with E-state index in [4.69, 9.17) is 10.3 Å². The summed E-state index contributed by atoms with van der Waals surface area (Å²) < 4.78 is 5.05. The molecular formula is C12H11N5O2S. The van der Waals surface area contributed by atoms with E-state index in [-0.39, 0.29) is 6.04 Å². The number of cyclic esters (lactones) is 1. The van der Waals surface area contributed by atoms with Crippen molar-refractivity contribution >= 4 is 32.6 Å². The van der Waals surface area contributed by atoms with Gasteiger partial charge >= 0.3 is 6.09 Å². The maximum atomic E-state index is 11.9. The number of carbonyl (C=O) groups excluding carboxylic acids is 1. The Morgan fingerprint density at radius 2 is 2.35 bits per heavy atom. The number of ether oxygens (including phenoxy) is 1. The minimum absolute atomic E-state index is 0.340. The molecule has 1 aliphatic heterocycles. The SMILES string of the molecule is Cc1ccc2cc(N3C(=O)O[C@@H](N=[N+]=[N-])C3C)sc2n1. The second-order valence-electron chi connectivity index (χ2n) is 4.52. The van der Waals surface area contributed by atoms with E-state index in [1.165, 1.54) is 16.2 Å². The molecule has 3 heterocycles. The molecule has 0 aliphatic carbocycles. The zero-order valence-electron chi connectivity index (χ0n) is 10.8. The average Bonchev–Trinajstić information content (AvgIpc) is 2.91. The number of nitrogens with zero attached hydrogens (tertiary/aromatic N) is 5. The largest absolute Gasteiger partial charge is 0.437 e. The molecule has 0 bridgehead atoms. The molecule has 1 saturated heterocycles. The Hall–Kier alpha value is -2.31. The van der Waals surface area contributed by atoms with E-state index in [1.807, 2.05) is 25.1 Å². The Kier molecular flexibility index (Phi) is 2.96. The minimum Gasteiger partial charge on any atom is -0.437 e. The van der Waals surface area contributed by atoms with Crippen LogP contribution in [0.25, 0.3) is 20.7 Å². The number of fused-ring (bicyclic) bond motifs is 1. The number of azide groups is 1. The number of anilines is 1. The Balaban J connectivity index is 2.02. The van der Waals surface area contributed by atoms with Crippen molar-refractivity contribution in [2.45, 2.75) is 26.1 Å². The predicted octanol–water partition coefficient (Wildman–Crippen LogP) is 3.59. The molecule has 1 unspecified atom stereocenters. The fourth-order valence-corrected chi connectivity index (χ4v) is 3.29. The van der Waals surface area contributed by atoms with Crippen LogP contribution in [0.1, 0.15) is 12.6 Å². The van der Waals surface area contributed by atoms with E-state index in [2.05, 4.69) is 15.0 Å². The first-order chi connectivity index (χ1) is 9.60. The highest BCUT2D eigenvalue weighted by Crippen LogP contribution is 2.36. The van der Waals surface area contributed by atoms with Crippen molar-refractivity contribution in [3.63, 3.8) is 0 Å². The van der Waals surface area contributed by atoms with Gasteiger partial charge in [-0.2, -0.15) is 0 Å². The van der Waals surface area contributed by atoms with Crippen LogP contribution >= 0.6 is 11.3 Å². The molecule has 8 heteroatoms. The number of amides is 1. The first-order valence-corrected chi connectivity index (χ1v) is 6.83. The normalized spacial score (nSPS) is 21.9. The van der Waals surface area contributed by atoms with Crippen molar-refractivity contribution < 1.29 is 9.53 Å². The van der Waals surface area contributed by atoms with Crippen LogP contribution in [0.4, 0.5) is 9.80 Å². The van der Waals surface area contributed by atoms with E-state index >= 15 is 0 Å². The second-order valence-corrected chi connectivity index (χ2v) is 5.53. The van der Waals surface area contributed by atoms with Gasteiger partial charge in [-0.15, -0.1) is 0 Å². The zero-order chi connectivity index (χ0) is 14.3. The van der Waals surface area contributed by atoms with E-state index in [9.17, 15) is 4.79 Å². The van der Waals surface area contributed by atoms with Gasteiger partial charge in [-0.05, 0) is 36.6 Å². The lowest BCUT2D eigenvalue weighted by Crippen LogP contribution is -2.32. The first kappa shape index (κ1) is 12.7. The lowest BCUT2D eigenvalue weighted by molar-refractivity contribution is 0.137. The summed E-state index contributed by atoms with van der Waals surface area (Å²) >= 11 is 1.42. The number of aromatic nitrogens is 1. The number of hydrogen-bond donors (Lipinski definition) is 0. The third-order valence-corrected chi connectivity index (χ3v) is 4.19. The molecule has 0 aromatic carbocycles. The Morgan fingerprint density at radius 3 is 3.10 bits per heavy atom. The highest BCUT2D eigenvalue weighted by atomic mass is 32.1. The highest BCUT2D eigenvalue weighted by molar-refractivity contribution is 7.22. The monoisotopic (exact) mass is 289 g/mol. The summed E-state index contributed by atoms with van der Waals surface area (Å²) in [5.41, 5.74) is 9.40. The van der Waals surface area contributed by atoms with Gasteiger partial charge in [0.15, 0.2) is 0 Å². The molecule has 7 nitrogen and oxygen atoms in total. The second kappa shape index (κ2) is 4.66. The minimum atomic E-state index is -0.799. The van der Waals surface area contributed by atoms with Crippen LogP contribution in [0.2, 0.25) is 0 Å². The molecule has 1 fully saturated rings. The Morgan fingerprint density at radius 1 is 1.55 bits per heavy atom. The van der Waals surface area contributed by atoms with Gasteiger partial charge in [0.25, 0.3) is 0 Å². The molecule has 0 saturated carbocycles. The lowest BCUT2D eigenvalue weighted by Gasteiger charge is -2.16. The van der Waals surface area contributed by atoms with Crippen molar-refractivity contribution in [1.29, 1.82) is 0 Å². The summed E-state index contributed by atoms with van der Waals surface area (Å²) in [5, 5.41) is 5.20. The summed E-state index contributed by atoms with van der Waals surface area (Å²) in [6.45, 7) is 3.70. The lowest BCUT2D eigenvalue weighted by atomic mass is 10.2. The summed E-state index contributed by atoms with van der Waals surface area (Å²) in [7, 11) is 0. The van der Waals surface area contributed by atoms with Crippen molar-refractivity contribution in [1.82, 2.24) is 4.98 Å². The molecule has 102 valence electrons. The van der Waals surface area contributed by atoms with Crippen LogP contribution in [-0.2, 0) is 4.74 Å². The van der Waals surface area contributed by atoms with E-state index in [0.717, 1.165) is 20.9 Å². The van der Waals surface area contributed by atoms with Crippen LogP contribution < -0.4 is 4.90 Å². The van der Waals surface area contributed by atoms with Crippen molar-refractivity contribution in [2.75, 3.05) is 4.90 Å². The predicted molar refractivity (Wildman–Crippen MR) is 75.7 cm³/mol. The number of aryl methyl sites for hydroxylation is 1. The smallest absolute Gasteiger partial charge is 0.415 e. The van der Waals surface area contributed by atoms with Gasteiger partial charge in [-0.25, -0.2) is 9.78 Å². The highest BCUT2D eigenvalue weighted by Gasteiger charge is 2.40. The maximum Gasteiger partial charge on any atom is 0.415 e. The number of carbonyl (C=O) groups is 1. The van der Waals surface area contributed by atoms with E-state index in [0.29, 0.717) is 0 Å². The van der Waals surface area contributed by atoms with Crippen LogP contribution in [0.15, 0.2) is 23.3 Å². The fraction of sp³-hybridized carbons (Fsp3) is 0.333. The average molecular weight is 289 g/mol. The fourth-order valence-electron chi connectivity index (χ4n) is 2.13. The van der Waals surface area contributed by atoms with Crippen LogP contribution in [0, 0.1) is 6.92 Å². The van der Waals surface area contributed by atoms with Gasteiger partial charge in [0, 0.05) is 16.0 Å². The molecule has 2 aromatic heterocycles. The van der Waals surface area contributed by atoms with Crippen LogP contribution in [0.3, 0.4) is 0 Å². The molecule has 20 heavy (non-hydrogen) atoms. The Bertz CT molecular complexity index is 737. The Labute approximate surface area is 118 Å². The molecule has 2 aromatic rings. The zero-order valence-corrected chi connectivity index (χ0v) is 11.7. The summed E-state index contributed by atoms with van der Waals surface area (Å²) in [4.78, 5) is 21.4. The van der Waals surface area contributed by atoms with Gasteiger partial charge in [-0.3, -0.25) is 4.90 Å². The third kappa shape index (κ3) is 1.95. The standard InChI is InChI=1S/C12H11N5O2S/c1-6-3-4-8-5-9(20-11(8)14-6)17-7(2)10(15-16-13)19-12(17)18/h3-5,7,10H,1-2H3/t7?,10-/m1/s1. The molecule has 1 amide bonds. The molecule has 2 atom stereocenters. The quantitative estimate of drug-likeness (QED) is 0.480. The van der Waals surface area contributed by atoms with Crippen molar-refractivity contribution in [2.24, 2.45) is 5.11 Å². The third-order valence-electron chi connectivity index (χ3n) is 3.15. The van der Waals surface area contributed by atoms with E-state index < -0.39 is 12.3 Å². The molecule has 0 N–H and O–H groups in total. The van der Waals surface area contributed by atoms with Gasteiger partial charge in [-0.1, -0.05) is 17.4 Å². The van der Waals surface area contributed by atoms with Gasteiger partial charge in [0.2, 0.25) is 6.23 Å². The van der Waals surface area contributed by atoms with E-state index in [1.54, 1.807) is 6.92 Å². The molecule has 1 aliphatic rings. The molecule has 3 rings (SSSR count). The molecule has 0 radical (unpaired) electrons. The number of thiophene rings is 1. The summed E-state index contributed by atoms with van der Waals surface area (Å²) in [6.07, 6.45) is -1.30. The number of pyridine rings is 1. The van der Waals surface area contributed by atoms with Crippen molar-refractivity contribution in [3.8, 4) is 0 Å². The molecular weight excluding hydrogens is 278 g/mol.